The number of phenols is 1. The molecule has 0 aliphatic carbocycles. The molecule has 8 nitrogen and oxygen atoms in total. The highest BCUT2D eigenvalue weighted by Gasteiger charge is 2.23. The van der Waals surface area contributed by atoms with E-state index < -0.39 is 0 Å². The van der Waals surface area contributed by atoms with Crippen molar-refractivity contribution in [2.75, 3.05) is 25.0 Å². The predicted molar refractivity (Wildman–Crippen MR) is 96.8 cm³/mol. The molecule has 1 aromatic carbocycles. The van der Waals surface area contributed by atoms with Crippen LogP contribution in [0.3, 0.4) is 0 Å². The highest BCUT2D eigenvalue weighted by molar-refractivity contribution is 5.71. The Morgan fingerprint density at radius 3 is 2.73 bits per heavy atom. The molecule has 8 heteroatoms. The quantitative estimate of drug-likeness (QED) is 0.735. The Morgan fingerprint density at radius 2 is 2.12 bits per heavy atom. The lowest BCUT2D eigenvalue weighted by atomic mass is 10.1. The third-order valence-corrected chi connectivity index (χ3v) is 4.61. The van der Waals surface area contributed by atoms with Crippen LogP contribution in [0.4, 0.5) is 5.95 Å². The number of likely N-dealkylation sites (N-methyl/N-ethyl adjacent to an activating group) is 1. The van der Waals surface area contributed by atoms with E-state index in [-0.39, 0.29) is 5.75 Å². The summed E-state index contributed by atoms with van der Waals surface area (Å²) in [6, 6.07) is 5.71. The summed E-state index contributed by atoms with van der Waals surface area (Å²) in [7, 11) is 1.96. The van der Waals surface area contributed by atoms with Crippen LogP contribution in [0.5, 0.6) is 5.75 Å². The number of aryl methyl sites for hydroxylation is 1. The molecule has 0 amide bonds. The predicted octanol–water partition coefficient (Wildman–Crippen LogP) is 2.01. The van der Waals surface area contributed by atoms with Crippen molar-refractivity contribution in [3.05, 3.63) is 36.5 Å². The SMILES string of the molecule is CNC1CCN(c2ncc(-c3ccc(-c4cnc(C)o4)cc3O)nn2)C1. The molecule has 0 spiro atoms. The van der Waals surface area contributed by atoms with Crippen LogP contribution in [-0.4, -0.2) is 51.5 Å². The van der Waals surface area contributed by atoms with E-state index in [1.807, 2.05) is 13.1 Å². The third-order valence-electron chi connectivity index (χ3n) is 4.61. The third kappa shape index (κ3) is 3.11. The maximum atomic E-state index is 10.4. The first kappa shape index (κ1) is 16.5. The van der Waals surface area contributed by atoms with Crippen LogP contribution < -0.4 is 10.2 Å². The Bertz CT molecular complexity index is 908. The van der Waals surface area contributed by atoms with Crippen molar-refractivity contribution in [2.24, 2.45) is 0 Å². The van der Waals surface area contributed by atoms with Crippen molar-refractivity contribution in [1.82, 2.24) is 25.5 Å². The lowest BCUT2D eigenvalue weighted by Crippen LogP contribution is -2.30. The summed E-state index contributed by atoms with van der Waals surface area (Å²) >= 11 is 0. The van der Waals surface area contributed by atoms with Gasteiger partial charge in [0.15, 0.2) is 11.7 Å². The fourth-order valence-electron chi connectivity index (χ4n) is 3.11. The fraction of sp³-hybridized carbons (Fsp3) is 0.333. The van der Waals surface area contributed by atoms with Crippen LogP contribution in [0.25, 0.3) is 22.6 Å². The van der Waals surface area contributed by atoms with E-state index in [4.69, 9.17) is 4.42 Å². The van der Waals surface area contributed by atoms with Crippen LogP contribution >= 0.6 is 0 Å². The van der Waals surface area contributed by atoms with Crippen molar-refractivity contribution in [3.63, 3.8) is 0 Å². The zero-order valence-corrected chi connectivity index (χ0v) is 14.7. The van der Waals surface area contributed by atoms with Crippen LogP contribution in [0, 0.1) is 6.92 Å². The maximum absolute atomic E-state index is 10.4. The van der Waals surface area contributed by atoms with Gasteiger partial charge in [-0.05, 0) is 25.6 Å². The van der Waals surface area contributed by atoms with Crippen LogP contribution in [0.2, 0.25) is 0 Å². The number of aromatic nitrogens is 4. The molecule has 1 aliphatic heterocycles. The number of benzene rings is 1. The number of anilines is 1. The topological polar surface area (TPSA) is 100 Å². The van der Waals surface area contributed by atoms with Gasteiger partial charge in [0.25, 0.3) is 0 Å². The van der Waals surface area contributed by atoms with Crippen molar-refractivity contribution < 1.29 is 9.52 Å². The number of hydrogen-bond acceptors (Lipinski definition) is 8. The summed E-state index contributed by atoms with van der Waals surface area (Å²) in [4.78, 5) is 10.6. The van der Waals surface area contributed by atoms with Gasteiger partial charge in [-0.2, -0.15) is 0 Å². The van der Waals surface area contributed by atoms with E-state index >= 15 is 0 Å². The Labute approximate surface area is 150 Å². The van der Waals surface area contributed by atoms with Gasteiger partial charge in [-0.1, -0.05) is 6.07 Å². The minimum absolute atomic E-state index is 0.0943. The second-order valence-corrected chi connectivity index (χ2v) is 6.34. The number of oxazole rings is 1. The van der Waals surface area contributed by atoms with Gasteiger partial charge >= 0.3 is 0 Å². The molecular weight excluding hydrogens is 332 g/mol. The number of phenolic OH excluding ortho intramolecular Hbond substituents is 1. The molecule has 2 N–H and O–H groups in total. The van der Waals surface area contributed by atoms with Gasteiger partial charge in [0.05, 0.1) is 12.4 Å². The molecule has 1 fully saturated rings. The normalized spacial score (nSPS) is 17.0. The fourth-order valence-corrected chi connectivity index (χ4v) is 3.11. The molecule has 0 saturated carbocycles. The summed E-state index contributed by atoms with van der Waals surface area (Å²) in [6.45, 7) is 3.55. The molecule has 1 atom stereocenters. The summed E-state index contributed by atoms with van der Waals surface area (Å²) in [6.07, 6.45) is 4.34. The van der Waals surface area contributed by atoms with Gasteiger partial charge in [0.2, 0.25) is 5.95 Å². The molecule has 2 aromatic heterocycles. The molecule has 1 aliphatic rings. The Balaban J connectivity index is 1.56. The van der Waals surface area contributed by atoms with Gasteiger partial charge in [-0.25, -0.2) is 9.97 Å². The van der Waals surface area contributed by atoms with E-state index in [0.717, 1.165) is 25.1 Å². The highest BCUT2D eigenvalue weighted by atomic mass is 16.4. The molecule has 1 unspecified atom stereocenters. The summed E-state index contributed by atoms with van der Waals surface area (Å²) in [5.41, 5.74) is 1.85. The minimum Gasteiger partial charge on any atom is -0.507 e. The Hall–Kier alpha value is -3.00. The largest absolute Gasteiger partial charge is 0.507 e. The van der Waals surface area contributed by atoms with Crippen LogP contribution in [0.1, 0.15) is 12.3 Å². The maximum Gasteiger partial charge on any atom is 0.245 e. The smallest absolute Gasteiger partial charge is 0.245 e. The lowest BCUT2D eigenvalue weighted by molar-refractivity contribution is 0.476. The highest BCUT2D eigenvalue weighted by Crippen LogP contribution is 2.32. The zero-order valence-electron chi connectivity index (χ0n) is 14.7. The van der Waals surface area contributed by atoms with Gasteiger partial charge in [0.1, 0.15) is 11.4 Å². The molecule has 4 rings (SSSR count). The first-order chi connectivity index (χ1) is 12.6. The number of nitrogens with one attached hydrogen (secondary N) is 1. The first-order valence-electron chi connectivity index (χ1n) is 8.52. The minimum atomic E-state index is 0.0943. The van der Waals surface area contributed by atoms with Crippen LogP contribution in [-0.2, 0) is 0 Å². The summed E-state index contributed by atoms with van der Waals surface area (Å²) < 4.78 is 5.49. The molecule has 0 radical (unpaired) electrons. The average molecular weight is 352 g/mol. The second-order valence-electron chi connectivity index (χ2n) is 6.34. The molecule has 3 aromatic rings. The monoisotopic (exact) mass is 352 g/mol. The molecule has 0 bridgehead atoms. The zero-order chi connectivity index (χ0) is 18.1. The molecule has 134 valence electrons. The molecule has 3 heterocycles. The van der Waals surface area contributed by atoms with E-state index in [0.29, 0.717) is 34.9 Å². The van der Waals surface area contributed by atoms with Gasteiger partial charge in [-0.3, -0.25) is 0 Å². The summed E-state index contributed by atoms with van der Waals surface area (Å²) in [5, 5.41) is 22.1. The standard InChI is InChI=1S/C18H20N6O2/c1-11-20-9-17(26-11)12-3-4-14(16(25)7-12)15-8-21-18(23-22-15)24-6-5-13(10-24)19-2/h3-4,7-9,13,19,25H,5-6,10H2,1-2H3. The summed E-state index contributed by atoms with van der Waals surface area (Å²) in [5.74, 6) is 1.89. The number of nitrogens with zero attached hydrogens (tertiary/aromatic N) is 5. The molecular formula is C18H20N6O2. The molecule has 1 saturated heterocycles. The van der Waals surface area contributed by atoms with E-state index in [2.05, 4.69) is 30.4 Å². The van der Waals surface area contributed by atoms with E-state index in [9.17, 15) is 5.11 Å². The second kappa shape index (κ2) is 6.72. The number of rotatable bonds is 4. The van der Waals surface area contributed by atoms with Crippen molar-refractivity contribution >= 4 is 5.95 Å². The number of hydrogen-bond donors (Lipinski definition) is 2. The van der Waals surface area contributed by atoms with Crippen molar-refractivity contribution in [3.8, 4) is 28.3 Å². The van der Waals surface area contributed by atoms with Gasteiger partial charge in [0, 0.05) is 37.2 Å². The van der Waals surface area contributed by atoms with Crippen LogP contribution in [0.15, 0.2) is 35.0 Å². The first-order valence-corrected chi connectivity index (χ1v) is 8.52. The van der Waals surface area contributed by atoms with Crippen molar-refractivity contribution in [2.45, 2.75) is 19.4 Å². The Kier molecular flexibility index (Phi) is 4.26. The average Bonchev–Trinajstić information content (AvgIpc) is 3.31. The van der Waals surface area contributed by atoms with Crippen molar-refractivity contribution in [1.29, 1.82) is 0 Å². The van der Waals surface area contributed by atoms with E-state index in [1.54, 1.807) is 31.5 Å². The van der Waals surface area contributed by atoms with Gasteiger partial charge < -0.3 is 19.7 Å². The molecule has 26 heavy (non-hydrogen) atoms. The van der Waals surface area contributed by atoms with E-state index in [1.165, 1.54) is 0 Å². The number of aromatic hydroxyl groups is 1. The van der Waals surface area contributed by atoms with Gasteiger partial charge in [-0.15, -0.1) is 10.2 Å². The lowest BCUT2D eigenvalue weighted by Gasteiger charge is -2.15. The Morgan fingerprint density at radius 1 is 1.23 bits per heavy atom.